The number of benzene rings is 2. The smallest absolute Gasteiger partial charge is 0.243 e. The molecule has 6 nitrogen and oxygen atoms in total. The third-order valence-corrected chi connectivity index (χ3v) is 6.01. The van der Waals surface area contributed by atoms with Gasteiger partial charge >= 0.3 is 0 Å². The molecular formula is C17H16NO5S-. The molecule has 0 aliphatic carbocycles. The third kappa shape index (κ3) is 2.88. The van der Waals surface area contributed by atoms with Crippen LogP contribution < -0.4 is 9.84 Å². The summed E-state index contributed by atoms with van der Waals surface area (Å²) in [6, 6.07) is 11.8. The highest BCUT2D eigenvalue weighted by Gasteiger charge is 2.36. The number of carbonyl (C=O) groups excluding carboxylic acids is 1. The second kappa shape index (κ2) is 6.26. The molecule has 0 radical (unpaired) electrons. The lowest BCUT2D eigenvalue weighted by Gasteiger charge is -2.36. The molecule has 24 heavy (non-hydrogen) atoms. The van der Waals surface area contributed by atoms with E-state index >= 15 is 0 Å². The lowest BCUT2D eigenvalue weighted by atomic mass is 9.96. The molecule has 2 aromatic carbocycles. The number of rotatable bonds is 4. The first-order valence-electron chi connectivity index (χ1n) is 7.37. The molecule has 1 aliphatic heterocycles. The fraction of sp³-hybridized carbons (Fsp3) is 0.235. The number of carboxylic acid groups (broad SMARTS) is 1. The molecule has 0 fully saturated rings. The monoisotopic (exact) mass is 346 g/mol. The molecule has 7 heteroatoms. The highest BCUT2D eigenvalue weighted by atomic mass is 32.2. The second-order valence-electron chi connectivity index (χ2n) is 5.53. The minimum absolute atomic E-state index is 0.00316. The molecule has 0 saturated carbocycles. The molecule has 126 valence electrons. The third-order valence-electron chi connectivity index (χ3n) is 4.14. The van der Waals surface area contributed by atoms with Crippen molar-refractivity contribution < 1.29 is 23.1 Å². The average molecular weight is 346 g/mol. The minimum atomic E-state index is -3.97. The van der Waals surface area contributed by atoms with Gasteiger partial charge in [0.25, 0.3) is 0 Å². The van der Waals surface area contributed by atoms with Crippen LogP contribution >= 0.6 is 0 Å². The maximum absolute atomic E-state index is 12.9. The number of methoxy groups -OCH3 is 1. The van der Waals surface area contributed by atoms with Crippen molar-refractivity contribution in [1.29, 1.82) is 0 Å². The van der Waals surface area contributed by atoms with E-state index in [9.17, 15) is 18.3 Å². The number of carbonyl (C=O) groups is 1. The molecular weight excluding hydrogens is 330 g/mol. The van der Waals surface area contributed by atoms with Crippen LogP contribution in [0.2, 0.25) is 0 Å². The molecule has 0 spiro atoms. The van der Waals surface area contributed by atoms with E-state index in [1.165, 1.54) is 31.4 Å². The summed E-state index contributed by atoms with van der Waals surface area (Å²) in [4.78, 5) is 11.5. The minimum Gasteiger partial charge on any atom is -0.548 e. The quantitative estimate of drug-likeness (QED) is 0.807. The van der Waals surface area contributed by atoms with Crippen molar-refractivity contribution in [2.75, 3.05) is 7.11 Å². The number of fused-ring (bicyclic) bond motifs is 1. The van der Waals surface area contributed by atoms with Crippen molar-refractivity contribution >= 4 is 16.0 Å². The Morgan fingerprint density at radius 1 is 1.12 bits per heavy atom. The summed E-state index contributed by atoms with van der Waals surface area (Å²) in [6.45, 7) is 0.00316. The molecule has 0 saturated heterocycles. The second-order valence-corrected chi connectivity index (χ2v) is 7.42. The van der Waals surface area contributed by atoms with Crippen LogP contribution in [0.15, 0.2) is 53.4 Å². The van der Waals surface area contributed by atoms with E-state index in [1.807, 2.05) is 6.07 Å². The maximum atomic E-state index is 12.9. The van der Waals surface area contributed by atoms with Gasteiger partial charge in [-0.15, -0.1) is 0 Å². The van der Waals surface area contributed by atoms with E-state index in [2.05, 4.69) is 0 Å². The molecule has 0 N–H and O–H groups in total. The zero-order valence-corrected chi connectivity index (χ0v) is 13.8. The largest absolute Gasteiger partial charge is 0.548 e. The van der Waals surface area contributed by atoms with E-state index in [4.69, 9.17) is 4.74 Å². The van der Waals surface area contributed by atoms with Crippen molar-refractivity contribution in [3.05, 3.63) is 59.7 Å². The Morgan fingerprint density at radius 2 is 1.75 bits per heavy atom. The van der Waals surface area contributed by atoms with E-state index in [0.717, 1.165) is 15.4 Å². The Labute approximate surface area is 140 Å². The topological polar surface area (TPSA) is 86.7 Å². The van der Waals surface area contributed by atoms with Crippen LogP contribution in [0.3, 0.4) is 0 Å². The lowest BCUT2D eigenvalue weighted by molar-refractivity contribution is -0.310. The van der Waals surface area contributed by atoms with Gasteiger partial charge < -0.3 is 14.6 Å². The van der Waals surface area contributed by atoms with Crippen molar-refractivity contribution in [3.63, 3.8) is 0 Å². The molecule has 1 heterocycles. The highest BCUT2D eigenvalue weighted by Crippen LogP contribution is 2.29. The van der Waals surface area contributed by atoms with E-state index in [-0.39, 0.29) is 17.9 Å². The Bertz CT molecular complexity index is 861. The van der Waals surface area contributed by atoms with Crippen LogP contribution in [-0.2, 0) is 27.8 Å². The zero-order valence-electron chi connectivity index (χ0n) is 13.0. The molecule has 0 unspecified atom stereocenters. The van der Waals surface area contributed by atoms with Crippen LogP contribution in [0.25, 0.3) is 0 Å². The predicted molar refractivity (Wildman–Crippen MR) is 84.7 cm³/mol. The summed E-state index contributed by atoms with van der Waals surface area (Å²) >= 11 is 0. The zero-order chi connectivity index (χ0) is 17.3. The van der Waals surface area contributed by atoms with Crippen LogP contribution in [0, 0.1) is 0 Å². The van der Waals surface area contributed by atoms with Crippen LogP contribution in [-0.4, -0.2) is 31.8 Å². The maximum Gasteiger partial charge on any atom is 0.243 e. The van der Waals surface area contributed by atoms with Gasteiger partial charge in [0.2, 0.25) is 10.0 Å². The number of hydrogen-bond donors (Lipinski definition) is 0. The van der Waals surface area contributed by atoms with E-state index in [1.54, 1.807) is 18.2 Å². The number of aliphatic carboxylic acids is 1. The van der Waals surface area contributed by atoms with Crippen molar-refractivity contribution in [1.82, 2.24) is 4.31 Å². The first-order valence-corrected chi connectivity index (χ1v) is 8.81. The SMILES string of the molecule is COc1ccc(S(=O)(=O)N2Cc3ccccc3C[C@@H]2C(=O)[O-])cc1. The first kappa shape index (κ1) is 16.5. The molecule has 0 amide bonds. The number of carboxylic acids is 1. The van der Waals surface area contributed by atoms with Gasteiger partial charge in [-0.2, -0.15) is 4.31 Å². The normalized spacial score (nSPS) is 18.0. The number of nitrogens with zero attached hydrogens (tertiary/aromatic N) is 1. The molecule has 3 rings (SSSR count). The summed E-state index contributed by atoms with van der Waals surface area (Å²) in [6.07, 6.45) is 0.0912. The van der Waals surface area contributed by atoms with E-state index in [0.29, 0.717) is 5.75 Å². The Morgan fingerprint density at radius 3 is 2.33 bits per heavy atom. The van der Waals surface area contributed by atoms with Crippen LogP contribution in [0.1, 0.15) is 11.1 Å². The number of ether oxygens (including phenoxy) is 1. The summed E-state index contributed by atoms with van der Waals surface area (Å²) in [7, 11) is -2.48. The van der Waals surface area contributed by atoms with Gasteiger partial charge in [0, 0.05) is 6.54 Å². The fourth-order valence-electron chi connectivity index (χ4n) is 2.84. The summed E-state index contributed by atoms with van der Waals surface area (Å²) in [5, 5.41) is 11.5. The van der Waals surface area contributed by atoms with Gasteiger partial charge in [-0.25, -0.2) is 8.42 Å². The molecule has 2 aromatic rings. The lowest BCUT2D eigenvalue weighted by Crippen LogP contribution is -2.53. The Balaban J connectivity index is 2.02. The average Bonchev–Trinajstić information content (AvgIpc) is 2.60. The Kier molecular flexibility index (Phi) is 4.29. The highest BCUT2D eigenvalue weighted by molar-refractivity contribution is 7.89. The van der Waals surface area contributed by atoms with Crippen LogP contribution in [0.4, 0.5) is 0 Å². The molecule has 0 bridgehead atoms. The number of sulfonamides is 1. The van der Waals surface area contributed by atoms with Crippen molar-refractivity contribution in [3.8, 4) is 5.75 Å². The fourth-order valence-corrected chi connectivity index (χ4v) is 4.39. The van der Waals surface area contributed by atoms with Crippen LogP contribution in [0.5, 0.6) is 5.75 Å². The summed E-state index contributed by atoms with van der Waals surface area (Å²) in [5.74, 6) is -0.879. The standard InChI is InChI=1S/C17H17NO5S/c1-23-14-6-8-15(9-7-14)24(21,22)18-11-13-5-3-2-4-12(13)10-16(18)17(19)20/h2-9,16H,10-11H2,1H3,(H,19,20)/p-1/t16-/m1/s1. The summed E-state index contributed by atoms with van der Waals surface area (Å²) in [5.41, 5.74) is 1.62. The molecule has 1 atom stereocenters. The van der Waals surface area contributed by atoms with Crippen molar-refractivity contribution in [2.24, 2.45) is 0 Å². The van der Waals surface area contributed by atoms with Gasteiger partial charge in [-0.1, -0.05) is 24.3 Å². The summed E-state index contributed by atoms with van der Waals surface area (Å²) < 4.78 is 31.8. The Hall–Kier alpha value is -2.38. The number of hydrogen-bond acceptors (Lipinski definition) is 5. The molecule has 1 aliphatic rings. The van der Waals surface area contributed by atoms with Gasteiger partial charge in [0.1, 0.15) is 5.75 Å². The molecule has 0 aromatic heterocycles. The van der Waals surface area contributed by atoms with Gasteiger partial charge in [0.15, 0.2) is 0 Å². The van der Waals surface area contributed by atoms with Gasteiger partial charge in [0.05, 0.1) is 24.0 Å². The van der Waals surface area contributed by atoms with E-state index < -0.39 is 22.0 Å². The van der Waals surface area contributed by atoms with Gasteiger partial charge in [-0.3, -0.25) is 0 Å². The van der Waals surface area contributed by atoms with Gasteiger partial charge in [-0.05, 0) is 41.8 Å². The first-order chi connectivity index (χ1) is 11.4. The van der Waals surface area contributed by atoms with Crippen molar-refractivity contribution in [2.45, 2.75) is 23.9 Å². The predicted octanol–water partition coefficient (Wildman–Crippen LogP) is 0.561.